The van der Waals surface area contributed by atoms with Gasteiger partial charge in [-0.15, -0.1) is 10.2 Å². The van der Waals surface area contributed by atoms with Crippen LogP contribution in [0.3, 0.4) is 0 Å². The fraction of sp³-hybridized carbons (Fsp3) is 0.571. The normalized spacial score (nSPS) is 19.2. The Kier molecular flexibility index (Phi) is 6.57. The van der Waals surface area contributed by atoms with Crippen molar-refractivity contribution in [3.05, 3.63) is 30.3 Å². The number of sulfone groups is 1. The van der Waals surface area contributed by atoms with Gasteiger partial charge in [-0.1, -0.05) is 37.5 Å². The van der Waals surface area contributed by atoms with Crippen LogP contribution in [0.1, 0.15) is 39.0 Å². The van der Waals surface area contributed by atoms with Crippen molar-refractivity contribution < 1.29 is 17.9 Å². The molecule has 2 heterocycles. The first kappa shape index (κ1) is 21.8. The van der Waals surface area contributed by atoms with E-state index in [1.165, 1.54) is 11.5 Å². The minimum absolute atomic E-state index is 0.0369. The summed E-state index contributed by atoms with van der Waals surface area (Å²) in [6, 6.07) is 9.16. The zero-order valence-corrected chi connectivity index (χ0v) is 18.6. The Morgan fingerprint density at radius 2 is 1.77 bits per heavy atom. The number of nitrogens with one attached hydrogen (secondary N) is 1. The van der Waals surface area contributed by atoms with Crippen molar-refractivity contribution >= 4 is 21.7 Å². The van der Waals surface area contributed by atoms with Crippen LogP contribution in [0.25, 0.3) is 5.69 Å². The van der Waals surface area contributed by atoms with Crippen LogP contribution in [0.4, 0.5) is 5.95 Å². The first-order chi connectivity index (χ1) is 15.0. The van der Waals surface area contributed by atoms with Gasteiger partial charge in [-0.2, -0.15) is 0 Å². The summed E-state index contributed by atoms with van der Waals surface area (Å²) in [4.78, 5) is 14.8. The Bertz CT molecular complexity index is 996. The molecule has 1 aromatic carbocycles. The predicted octanol–water partition coefficient (Wildman–Crippen LogP) is 1.72. The van der Waals surface area contributed by atoms with Crippen molar-refractivity contribution in [2.75, 3.05) is 31.2 Å². The average Bonchev–Trinajstić information content (AvgIpc) is 3.26. The molecule has 31 heavy (non-hydrogen) atoms. The molecule has 1 saturated heterocycles. The molecule has 0 spiro atoms. The van der Waals surface area contributed by atoms with Gasteiger partial charge in [-0.3, -0.25) is 9.36 Å². The quantitative estimate of drug-likeness (QED) is 0.718. The molecule has 1 saturated carbocycles. The van der Waals surface area contributed by atoms with Gasteiger partial charge in [0.15, 0.2) is 0 Å². The Morgan fingerprint density at radius 1 is 1.10 bits per heavy atom. The Hall–Kier alpha value is -2.46. The van der Waals surface area contributed by atoms with E-state index < -0.39 is 21.0 Å². The van der Waals surface area contributed by atoms with E-state index in [-0.39, 0.29) is 11.2 Å². The number of amides is 1. The lowest BCUT2D eigenvalue weighted by molar-refractivity contribution is -0.121. The van der Waals surface area contributed by atoms with Crippen molar-refractivity contribution in [1.82, 2.24) is 20.1 Å². The van der Waals surface area contributed by atoms with Crippen LogP contribution in [0.5, 0.6) is 0 Å². The lowest BCUT2D eigenvalue weighted by Gasteiger charge is -2.28. The third-order valence-corrected chi connectivity index (χ3v) is 7.88. The molecule has 2 aromatic rings. The average molecular weight is 448 g/mol. The van der Waals surface area contributed by atoms with E-state index in [1.54, 1.807) is 12.1 Å². The second-order valence-electron chi connectivity index (χ2n) is 8.08. The summed E-state index contributed by atoms with van der Waals surface area (Å²) < 4.78 is 33.9. The highest BCUT2D eigenvalue weighted by Crippen LogP contribution is 2.26. The second-order valence-corrected chi connectivity index (χ2v) is 10.2. The van der Waals surface area contributed by atoms with Crippen molar-refractivity contribution in [3.63, 3.8) is 0 Å². The number of ether oxygens (including phenoxy) is 1. The molecule has 10 heteroatoms. The SMILES string of the molecule is C[C@H](C(=O)NC1CCCCC1)S(=O)(=O)c1nnc(N2CCOCC2)n1-c1ccccc1. The summed E-state index contributed by atoms with van der Waals surface area (Å²) in [5, 5.41) is 9.70. The van der Waals surface area contributed by atoms with Crippen molar-refractivity contribution in [1.29, 1.82) is 0 Å². The summed E-state index contributed by atoms with van der Waals surface area (Å²) in [5.41, 5.74) is 0.632. The van der Waals surface area contributed by atoms with Crippen LogP contribution in [0.2, 0.25) is 0 Å². The maximum absolute atomic E-state index is 13.5. The summed E-state index contributed by atoms with van der Waals surface area (Å²) in [6.07, 6.45) is 5.04. The summed E-state index contributed by atoms with van der Waals surface area (Å²) in [6.45, 7) is 3.66. The summed E-state index contributed by atoms with van der Waals surface area (Å²) in [5.74, 6) is -0.0459. The molecule has 2 aliphatic rings. The summed E-state index contributed by atoms with van der Waals surface area (Å²) in [7, 11) is -4.07. The zero-order valence-electron chi connectivity index (χ0n) is 17.7. The van der Waals surface area contributed by atoms with Gasteiger partial charge in [0.05, 0.1) is 18.9 Å². The minimum atomic E-state index is -4.07. The van der Waals surface area contributed by atoms with Gasteiger partial charge in [-0.25, -0.2) is 8.42 Å². The molecular weight excluding hydrogens is 418 g/mol. The van der Waals surface area contributed by atoms with E-state index in [9.17, 15) is 13.2 Å². The molecule has 1 N–H and O–H groups in total. The topological polar surface area (TPSA) is 106 Å². The molecular formula is C21H29N5O4S. The fourth-order valence-corrected chi connectivity index (χ4v) is 5.34. The predicted molar refractivity (Wildman–Crippen MR) is 116 cm³/mol. The molecule has 2 fully saturated rings. The molecule has 1 aliphatic carbocycles. The minimum Gasteiger partial charge on any atom is -0.378 e. The van der Waals surface area contributed by atoms with Gasteiger partial charge >= 0.3 is 0 Å². The van der Waals surface area contributed by atoms with E-state index >= 15 is 0 Å². The van der Waals surface area contributed by atoms with Gasteiger partial charge in [-0.05, 0) is 31.9 Å². The number of hydrogen-bond donors (Lipinski definition) is 1. The van der Waals surface area contributed by atoms with Gasteiger partial charge in [0.2, 0.25) is 21.7 Å². The number of benzene rings is 1. The number of carbonyl (C=O) groups excluding carboxylic acids is 1. The number of carbonyl (C=O) groups is 1. The van der Waals surface area contributed by atoms with Crippen LogP contribution in [-0.2, 0) is 19.4 Å². The van der Waals surface area contributed by atoms with Crippen LogP contribution < -0.4 is 10.2 Å². The lowest BCUT2D eigenvalue weighted by Crippen LogP contribution is -2.44. The van der Waals surface area contributed by atoms with E-state index in [0.717, 1.165) is 32.1 Å². The van der Waals surface area contributed by atoms with E-state index in [0.29, 0.717) is 37.9 Å². The van der Waals surface area contributed by atoms with Gasteiger partial charge in [0.25, 0.3) is 5.16 Å². The largest absolute Gasteiger partial charge is 0.378 e. The molecule has 0 radical (unpaired) electrons. The monoisotopic (exact) mass is 447 g/mol. The highest BCUT2D eigenvalue weighted by atomic mass is 32.2. The first-order valence-corrected chi connectivity index (χ1v) is 12.4. The molecule has 1 atom stereocenters. The number of aromatic nitrogens is 3. The Balaban J connectivity index is 1.67. The van der Waals surface area contributed by atoms with Gasteiger partial charge < -0.3 is 15.0 Å². The molecule has 0 bridgehead atoms. The van der Waals surface area contributed by atoms with Crippen molar-refractivity contribution in [2.24, 2.45) is 0 Å². The number of nitrogens with zero attached hydrogens (tertiary/aromatic N) is 4. The smallest absolute Gasteiger partial charge is 0.256 e. The highest BCUT2D eigenvalue weighted by Gasteiger charge is 2.37. The molecule has 1 aromatic heterocycles. The van der Waals surface area contributed by atoms with Crippen molar-refractivity contribution in [2.45, 2.75) is 55.5 Å². The highest BCUT2D eigenvalue weighted by molar-refractivity contribution is 7.92. The Morgan fingerprint density at radius 3 is 2.45 bits per heavy atom. The number of morpholine rings is 1. The third-order valence-electron chi connectivity index (χ3n) is 5.97. The van der Waals surface area contributed by atoms with Crippen LogP contribution in [0, 0.1) is 0 Å². The van der Waals surface area contributed by atoms with Gasteiger partial charge in [0.1, 0.15) is 5.25 Å². The number of para-hydroxylation sites is 1. The van der Waals surface area contributed by atoms with Gasteiger partial charge in [0, 0.05) is 19.1 Å². The number of rotatable bonds is 6. The molecule has 1 aliphatic heterocycles. The summed E-state index contributed by atoms with van der Waals surface area (Å²) >= 11 is 0. The van der Waals surface area contributed by atoms with E-state index in [2.05, 4.69) is 15.5 Å². The maximum atomic E-state index is 13.5. The van der Waals surface area contributed by atoms with E-state index in [4.69, 9.17) is 4.74 Å². The number of hydrogen-bond acceptors (Lipinski definition) is 7. The lowest BCUT2D eigenvalue weighted by atomic mass is 9.95. The zero-order chi connectivity index (χ0) is 21.8. The maximum Gasteiger partial charge on any atom is 0.256 e. The van der Waals surface area contributed by atoms with Crippen LogP contribution >= 0.6 is 0 Å². The molecule has 4 rings (SSSR count). The molecule has 9 nitrogen and oxygen atoms in total. The molecule has 1 amide bonds. The fourth-order valence-electron chi connectivity index (χ4n) is 4.08. The third kappa shape index (κ3) is 4.59. The second kappa shape index (κ2) is 9.35. The van der Waals surface area contributed by atoms with Crippen LogP contribution in [-0.4, -0.2) is 66.7 Å². The molecule has 0 unspecified atom stereocenters. The molecule has 168 valence electrons. The van der Waals surface area contributed by atoms with Crippen molar-refractivity contribution in [3.8, 4) is 5.69 Å². The Labute approximate surface area is 182 Å². The van der Waals surface area contributed by atoms with E-state index in [1.807, 2.05) is 23.1 Å². The standard InChI is InChI=1S/C21H29N5O4S/c1-16(19(27)22-17-8-4-2-5-9-17)31(28,29)21-24-23-20(25-12-14-30-15-13-25)26(21)18-10-6-3-7-11-18/h3,6-7,10-11,16-17H,2,4-5,8-9,12-15H2,1H3,(H,22,27)/t16-/m1/s1. The first-order valence-electron chi connectivity index (χ1n) is 10.9. The van der Waals surface area contributed by atoms with Crippen LogP contribution in [0.15, 0.2) is 35.5 Å². The number of anilines is 1.